The van der Waals surface area contributed by atoms with E-state index in [1.807, 2.05) is 6.92 Å². The normalized spacial score (nSPS) is 14.6. The van der Waals surface area contributed by atoms with Crippen LogP contribution in [0.4, 0.5) is 10.1 Å². The van der Waals surface area contributed by atoms with Gasteiger partial charge in [0.1, 0.15) is 11.6 Å². The van der Waals surface area contributed by atoms with Crippen LogP contribution in [0.3, 0.4) is 0 Å². The molecule has 0 unspecified atom stereocenters. The van der Waals surface area contributed by atoms with Crippen LogP contribution in [0.2, 0.25) is 0 Å². The standard InChI is InChI=1S/C21H26FN3O4S/c1-2-11-23-30(27,28)20-9-7-19(8-10-20)29-16-21(26)25-14-12-24(13-15-25)18-5-3-17(22)4-6-18/h3-10,23H,2,11-16H2,1H3. The summed E-state index contributed by atoms with van der Waals surface area (Å²) in [5.74, 6) is 0.0328. The van der Waals surface area contributed by atoms with E-state index < -0.39 is 10.0 Å². The topological polar surface area (TPSA) is 78.9 Å². The Hall–Kier alpha value is -2.65. The molecule has 0 bridgehead atoms. The molecule has 0 aromatic heterocycles. The van der Waals surface area contributed by atoms with Gasteiger partial charge in [0.2, 0.25) is 10.0 Å². The van der Waals surface area contributed by atoms with Crippen molar-refractivity contribution >= 4 is 21.6 Å². The van der Waals surface area contributed by atoms with Crippen molar-refractivity contribution in [1.82, 2.24) is 9.62 Å². The maximum Gasteiger partial charge on any atom is 0.260 e. The first-order valence-corrected chi connectivity index (χ1v) is 11.4. The minimum absolute atomic E-state index is 0.114. The highest BCUT2D eigenvalue weighted by Gasteiger charge is 2.22. The second kappa shape index (κ2) is 9.90. The van der Waals surface area contributed by atoms with Crippen molar-refractivity contribution in [2.45, 2.75) is 18.2 Å². The number of sulfonamides is 1. The summed E-state index contributed by atoms with van der Waals surface area (Å²) in [6, 6.07) is 12.3. The van der Waals surface area contributed by atoms with E-state index in [4.69, 9.17) is 4.74 Å². The summed E-state index contributed by atoms with van der Waals surface area (Å²) in [5.41, 5.74) is 0.934. The molecule has 2 aromatic rings. The highest BCUT2D eigenvalue weighted by Crippen LogP contribution is 2.18. The van der Waals surface area contributed by atoms with Gasteiger partial charge in [0.05, 0.1) is 4.90 Å². The number of carbonyl (C=O) groups excluding carboxylic acids is 1. The SMILES string of the molecule is CCCNS(=O)(=O)c1ccc(OCC(=O)N2CCN(c3ccc(F)cc3)CC2)cc1. The van der Waals surface area contributed by atoms with Gasteiger partial charge in [0, 0.05) is 38.4 Å². The van der Waals surface area contributed by atoms with Crippen LogP contribution in [-0.4, -0.2) is 58.6 Å². The molecule has 7 nitrogen and oxygen atoms in total. The number of rotatable bonds is 8. The molecule has 0 spiro atoms. The predicted molar refractivity (Wildman–Crippen MR) is 113 cm³/mol. The van der Waals surface area contributed by atoms with Crippen LogP contribution >= 0.6 is 0 Å². The van der Waals surface area contributed by atoms with Gasteiger partial charge in [-0.1, -0.05) is 6.92 Å². The third kappa shape index (κ3) is 5.70. The second-order valence-electron chi connectivity index (χ2n) is 7.00. The number of anilines is 1. The van der Waals surface area contributed by atoms with Gasteiger partial charge in [0.15, 0.2) is 6.61 Å². The van der Waals surface area contributed by atoms with Crippen molar-refractivity contribution in [3.05, 3.63) is 54.3 Å². The average Bonchev–Trinajstić information content (AvgIpc) is 2.77. The maximum atomic E-state index is 13.1. The molecule has 30 heavy (non-hydrogen) atoms. The minimum atomic E-state index is -3.52. The first kappa shape index (κ1) is 22.0. The molecule has 1 aliphatic heterocycles. The number of nitrogens with zero attached hydrogens (tertiary/aromatic N) is 2. The van der Waals surface area contributed by atoms with Gasteiger partial charge in [-0.3, -0.25) is 4.79 Å². The van der Waals surface area contributed by atoms with Gasteiger partial charge in [0.25, 0.3) is 5.91 Å². The monoisotopic (exact) mass is 435 g/mol. The lowest BCUT2D eigenvalue weighted by Crippen LogP contribution is -2.50. The number of piperazine rings is 1. The zero-order valence-electron chi connectivity index (χ0n) is 16.9. The lowest BCUT2D eigenvalue weighted by Gasteiger charge is -2.36. The minimum Gasteiger partial charge on any atom is -0.484 e. The van der Waals surface area contributed by atoms with Crippen LogP contribution in [0, 0.1) is 5.82 Å². The summed E-state index contributed by atoms with van der Waals surface area (Å²) in [6.07, 6.45) is 0.709. The summed E-state index contributed by atoms with van der Waals surface area (Å²) >= 11 is 0. The van der Waals surface area contributed by atoms with Crippen LogP contribution in [0.15, 0.2) is 53.4 Å². The molecule has 0 atom stereocenters. The Kier molecular flexibility index (Phi) is 7.28. The van der Waals surface area contributed by atoms with E-state index in [-0.39, 0.29) is 23.2 Å². The fourth-order valence-corrected chi connectivity index (χ4v) is 4.27. The van der Waals surface area contributed by atoms with Gasteiger partial charge in [-0.15, -0.1) is 0 Å². The third-order valence-electron chi connectivity index (χ3n) is 4.86. The van der Waals surface area contributed by atoms with Crippen molar-refractivity contribution in [2.24, 2.45) is 0 Å². The molecule has 1 fully saturated rings. The summed E-state index contributed by atoms with van der Waals surface area (Å²) in [7, 11) is -3.52. The molecular formula is C21H26FN3O4S. The number of hydrogen-bond acceptors (Lipinski definition) is 5. The molecule has 1 saturated heterocycles. The van der Waals surface area contributed by atoms with Crippen molar-refractivity contribution in [3.8, 4) is 5.75 Å². The highest BCUT2D eigenvalue weighted by molar-refractivity contribution is 7.89. The Morgan fingerprint density at radius 2 is 1.67 bits per heavy atom. The van der Waals surface area contributed by atoms with E-state index in [9.17, 15) is 17.6 Å². The lowest BCUT2D eigenvalue weighted by atomic mass is 10.2. The zero-order valence-corrected chi connectivity index (χ0v) is 17.7. The smallest absolute Gasteiger partial charge is 0.260 e. The Morgan fingerprint density at radius 1 is 1.03 bits per heavy atom. The van der Waals surface area contributed by atoms with Gasteiger partial charge in [-0.2, -0.15) is 0 Å². The number of hydrogen-bond donors (Lipinski definition) is 1. The first-order valence-electron chi connectivity index (χ1n) is 9.90. The summed E-state index contributed by atoms with van der Waals surface area (Å²) in [4.78, 5) is 16.4. The molecule has 0 aliphatic carbocycles. The Balaban J connectivity index is 1.47. The first-order chi connectivity index (χ1) is 14.4. The number of carbonyl (C=O) groups is 1. The van der Waals surface area contributed by atoms with Crippen LogP contribution in [0.25, 0.3) is 0 Å². The molecule has 3 rings (SSSR count). The predicted octanol–water partition coefficient (Wildman–Crippen LogP) is 2.24. The quantitative estimate of drug-likeness (QED) is 0.688. The highest BCUT2D eigenvalue weighted by atomic mass is 32.2. The van der Waals surface area contributed by atoms with Crippen molar-refractivity contribution in [3.63, 3.8) is 0 Å². The molecule has 1 amide bonds. The summed E-state index contributed by atoms with van der Waals surface area (Å²) in [6.45, 7) is 4.59. The van der Waals surface area contributed by atoms with Crippen LogP contribution in [-0.2, 0) is 14.8 Å². The van der Waals surface area contributed by atoms with Gasteiger partial charge in [-0.25, -0.2) is 17.5 Å². The van der Waals surface area contributed by atoms with Crippen molar-refractivity contribution in [1.29, 1.82) is 0 Å². The molecule has 162 valence electrons. The van der Waals surface area contributed by atoms with E-state index in [0.29, 0.717) is 44.9 Å². The molecular weight excluding hydrogens is 409 g/mol. The number of ether oxygens (including phenoxy) is 1. The second-order valence-corrected chi connectivity index (χ2v) is 8.77. The third-order valence-corrected chi connectivity index (χ3v) is 6.34. The summed E-state index contributed by atoms with van der Waals surface area (Å²) in [5, 5.41) is 0. The van der Waals surface area contributed by atoms with Crippen LogP contribution < -0.4 is 14.4 Å². The van der Waals surface area contributed by atoms with Gasteiger partial charge >= 0.3 is 0 Å². The van der Waals surface area contributed by atoms with Gasteiger partial charge in [-0.05, 0) is 55.0 Å². The fourth-order valence-electron chi connectivity index (χ4n) is 3.14. The van der Waals surface area contributed by atoms with E-state index >= 15 is 0 Å². The average molecular weight is 436 g/mol. The van der Waals surface area contributed by atoms with Crippen LogP contribution in [0.5, 0.6) is 5.75 Å². The number of nitrogens with one attached hydrogen (secondary N) is 1. The maximum absolute atomic E-state index is 13.1. The molecule has 0 radical (unpaired) electrons. The van der Waals surface area contributed by atoms with E-state index in [1.165, 1.54) is 24.3 Å². The molecule has 0 saturated carbocycles. The molecule has 9 heteroatoms. The van der Waals surface area contributed by atoms with E-state index in [1.54, 1.807) is 29.2 Å². The van der Waals surface area contributed by atoms with Crippen molar-refractivity contribution < 1.29 is 22.3 Å². The Morgan fingerprint density at radius 3 is 2.27 bits per heavy atom. The van der Waals surface area contributed by atoms with Gasteiger partial charge < -0.3 is 14.5 Å². The molecule has 1 N–H and O–H groups in total. The molecule has 1 aliphatic rings. The Bertz CT molecular complexity index is 941. The fraction of sp³-hybridized carbons (Fsp3) is 0.381. The van der Waals surface area contributed by atoms with E-state index in [2.05, 4.69) is 9.62 Å². The lowest BCUT2D eigenvalue weighted by molar-refractivity contribution is -0.133. The van der Waals surface area contributed by atoms with Crippen molar-refractivity contribution in [2.75, 3.05) is 44.2 Å². The van der Waals surface area contributed by atoms with E-state index in [0.717, 1.165) is 5.69 Å². The molecule has 2 aromatic carbocycles. The van der Waals surface area contributed by atoms with Crippen LogP contribution in [0.1, 0.15) is 13.3 Å². The number of benzene rings is 2. The summed E-state index contributed by atoms with van der Waals surface area (Å²) < 4.78 is 45.3. The number of amides is 1. The molecule has 1 heterocycles. The Labute approximate surface area is 176 Å². The largest absolute Gasteiger partial charge is 0.484 e. The zero-order chi connectivity index (χ0) is 21.6. The number of halogens is 1.